The van der Waals surface area contributed by atoms with Crippen molar-refractivity contribution in [1.29, 1.82) is 0 Å². The van der Waals surface area contributed by atoms with E-state index in [-0.39, 0.29) is 5.56 Å². The molecule has 0 aliphatic carbocycles. The first-order chi connectivity index (χ1) is 15.1. The van der Waals surface area contributed by atoms with Crippen molar-refractivity contribution < 1.29 is 9.15 Å². The number of halogens is 1. The topological polar surface area (TPSA) is 69.6 Å². The average Bonchev–Trinajstić information content (AvgIpc) is 3.47. The first kappa shape index (κ1) is 19.7. The molecule has 0 aliphatic heterocycles. The molecule has 154 valence electrons. The van der Waals surface area contributed by atoms with Crippen LogP contribution < -0.4 is 14.8 Å². The van der Waals surface area contributed by atoms with Gasteiger partial charge in [0.15, 0.2) is 5.82 Å². The number of fused-ring (bicyclic) bond motifs is 1. The second-order valence-corrected chi connectivity index (χ2v) is 8.64. The second-order valence-electron chi connectivity index (χ2n) is 6.72. The monoisotopic (exact) mass is 493 g/mol. The van der Waals surface area contributed by atoms with Gasteiger partial charge in [0.1, 0.15) is 21.8 Å². The number of benzene rings is 2. The molecule has 5 rings (SSSR count). The lowest BCUT2D eigenvalue weighted by Crippen LogP contribution is -2.23. The van der Waals surface area contributed by atoms with E-state index in [1.54, 1.807) is 6.08 Å². The van der Waals surface area contributed by atoms with Gasteiger partial charge in [-0.1, -0.05) is 39.4 Å². The van der Waals surface area contributed by atoms with Crippen molar-refractivity contribution in [2.75, 3.05) is 6.61 Å². The molecule has 3 heterocycles. The van der Waals surface area contributed by atoms with Crippen LogP contribution in [0.15, 0.2) is 74.3 Å². The summed E-state index contributed by atoms with van der Waals surface area (Å²) in [5, 5.41) is 4.39. The zero-order valence-corrected chi connectivity index (χ0v) is 18.8. The molecule has 0 spiro atoms. The highest BCUT2D eigenvalue weighted by atomic mass is 79.9. The van der Waals surface area contributed by atoms with Gasteiger partial charge in [0.2, 0.25) is 4.96 Å². The van der Waals surface area contributed by atoms with Gasteiger partial charge in [-0.25, -0.2) is 0 Å². The number of thiazole rings is 1. The van der Waals surface area contributed by atoms with Crippen molar-refractivity contribution in [1.82, 2.24) is 14.6 Å². The Kier molecular flexibility index (Phi) is 5.17. The third-order valence-electron chi connectivity index (χ3n) is 4.61. The van der Waals surface area contributed by atoms with Gasteiger partial charge >= 0.3 is 0 Å². The lowest BCUT2D eigenvalue weighted by molar-refractivity contribution is 0.340. The zero-order valence-electron chi connectivity index (χ0n) is 16.4. The van der Waals surface area contributed by atoms with Crippen LogP contribution in [0.2, 0.25) is 0 Å². The van der Waals surface area contributed by atoms with E-state index in [1.165, 1.54) is 15.9 Å². The standard InChI is InChI=1S/C23H16BrN3O3S/c1-2-29-17-8-6-14(7-9-17)21-25-23-27(26-21)22(28)20(31-23)13-18-10-11-19(30-18)15-4-3-5-16(24)12-15/h3-13H,2H2,1H3. The minimum atomic E-state index is -0.218. The van der Waals surface area contributed by atoms with E-state index in [4.69, 9.17) is 9.15 Å². The van der Waals surface area contributed by atoms with Crippen molar-refractivity contribution >= 4 is 38.3 Å². The zero-order chi connectivity index (χ0) is 21.4. The molecule has 0 bridgehead atoms. The molecule has 8 heteroatoms. The Bertz CT molecular complexity index is 1480. The van der Waals surface area contributed by atoms with E-state index in [0.29, 0.717) is 27.7 Å². The van der Waals surface area contributed by atoms with Crippen molar-refractivity contribution in [3.63, 3.8) is 0 Å². The van der Waals surface area contributed by atoms with Crippen LogP contribution in [0.1, 0.15) is 12.7 Å². The van der Waals surface area contributed by atoms with Crippen LogP contribution in [0.5, 0.6) is 5.75 Å². The highest BCUT2D eigenvalue weighted by molar-refractivity contribution is 9.10. The third kappa shape index (κ3) is 3.92. The average molecular weight is 494 g/mol. The van der Waals surface area contributed by atoms with E-state index in [1.807, 2.05) is 67.6 Å². The van der Waals surface area contributed by atoms with Gasteiger partial charge in [-0.2, -0.15) is 9.50 Å². The van der Waals surface area contributed by atoms with Gasteiger partial charge in [-0.15, -0.1) is 5.10 Å². The summed E-state index contributed by atoms with van der Waals surface area (Å²) in [5.41, 5.74) is 1.57. The van der Waals surface area contributed by atoms with Crippen molar-refractivity contribution in [3.8, 4) is 28.5 Å². The normalized spacial score (nSPS) is 12.0. The molecule has 0 N–H and O–H groups in total. The van der Waals surface area contributed by atoms with E-state index in [0.717, 1.165) is 27.1 Å². The van der Waals surface area contributed by atoms with E-state index in [9.17, 15) is 4.79 Å². The maximum atomic E-state index is 12.8. The van der Waals surface area contributed by atoms with Gasteiger partial charge in [-0.3, -0.25) is 4.79 Å². The Labute approximate surface area is 189 Å². The molecule has 0 radical (unpaired) electrons. The summed E-state index contributed by atoms with van der Waals surface area (Å²) >= 11 is 4.75. The molecular weight excluding hydrogens is 478 g/mol. The number of rotatable bonds is 5. The van der Waals surface area contributed by atoms with E-state index in [2.05, 4.69) is 26.0 Å². The summed E-state index contributed by atoms with van der Waals surface area (Å²) in [7, 11) is 0. The largest absolute Gasteiger partial charge is 0.494 e. The lowest BCUT2D eigenvalue weighted by Gasteiger charge is -2.02. The molecule has 0 atom stereocenters. The van der Waals surface area contributed by atoms with Crippen LogP contribution in [0.4, 0.5) is 0 Å². The van der Waals surface area contributed by atoms with Gasteiger partial charge < -0.3 is 9.15 Å². The van der Waals surface area contributed by atoms with Crippen LogP contribution in [0.3, 0.4) is 0 Å². The molecule has 0 unspecified atom stereocenters. The molecule has 31 heavy (non-hydrogen) atoms. The van der Waals surface area contributed by atoms with Crippen molar-refractivity contribution in [3.05, 3.63) is 85.8 Å². The molecular formula is C23H16BrN3O3S. The number of furan rings is 1. The Hall–Kier alpha value is -3.23. The van der Waals surface area contributed by atoms with Crippen LogP contribution in [-0.2, 0) is 0 Å². The first-order valence-corrected chi connectivity index (χ1v) is 11.2. The number of ether oxygens (including phenoxy) is 1. The van der Waals surface area contributed by atoms with Crippen molar-refractivity contribution in [2.24, 2.45) is 0 Å². The summed E-state index contributed by atoms with van der Waals surface area (Å²) < 4.78 is 14.2. The van der Waals surface area contributed by atoms with E-state index < -0.39 is 0 Å². The fraction of sp³-hybridized carbons (Fsp3) is 0.0870. The number of hydrogen-bond acceptors (Lipinski definition) is 6. The molecule has 0 fully saturated rings. The Morgan fingerprint density at radius 2 is 1.97 bits per heavy atom. The van der Waals surface area contributed by atoms with Crippen LogP contribution >= 0.6 is 27.3 Å². The van der Waals surface area contributed by atoms with Gasteiger partial charge in [0, 0.05) is 21.7 Å². The summed E-state index contributed by atoms with van der Waals surface area (Å²) in [6.45, 7) is 2.55. The highest BCUT2D eigenvalue weighted by Crippen LogP contribution is 2.25. The van der Waals surface area contributed by atoms with Crippen LogP contribution in [-0.4, -0.2) is 21.2 Å². The predicted molar refractivity (Wildman–Crippen MR) is 124 cm³/mol. The molecule has 0 saturated heterocycles. The highest BCUT2D eigenvalue weighted by Gasteiger charge is 2.13. The van der Waals surface area contributed by atoms with Gasteiger partial charge in [0.05, 0.1) is 6.61 Å². The minimum Gasteiger partial charge on any atom is -0.494 e. The minimum absolute atomic E-state index is 0.218. The molecule has 5 aromatic rings. The van der Waals surface area contributed by atoms with Crippen molar-refractivity contribution in [2.45, 2.75) is 6.92 Å². The SMILES string of the molecule is CCOc1ccc(-c2nc3sc(=Cc4ccc(-c5cccc(Br)c5)o4)c(=O)n3n2)cc1. The molecule has 2 aromatic carbocycles. The maximum absolute atomic E-state index is 12.8. The number of hydrogen-bond donors (Lipinski definition) is 0. The van der Waals surface area contributed by atoms with Gasteiger partial charge in [0.25, 0.3) is 5.56 Å². The fourth-order valence-corrected chi connectivity index (χ4v) is 4.47. The Morgan fingerprint density at radius 3 is 2.71 bits per heavy atom. The smallest absolute Gasteiger partial charge is 0.291 e. The lowest BCUT2D eigenvalue weighted by atomic mass is 10.2. The number of aromatic nitrogens is 3. The Balaban J connectivity index is 1.46. The molecule has 3 aromatic heterocycles. The summed E-state index contributed by atoms with van der Waals surface area (Å²) in [4.78, 5) is 17.9. The quantitative estimate of drug-likeness (QED) is 0.352. The third-order valence-corrected chi connectivity index (χ3v) is 6.07. The molecule has 6 nitrogen and oxygen atoms in total. The predicted octanol–water partition coefficient (Wildman–Crippen LogP) is 4.79. The first-order valence-electron chi connectivity index (χ1n) is 9.61. The van der Waals surface area contributed by atoms with Gasteiger partial charge in [-0.05, 0) is 55.5 Å². The maximum Gasteiger partial charge on any atom is 0.291 e. The molecule has 0 amide bonds. The van der Waals surface area contributed by atoms with Crippen LogP contribution in [0.25, 0.3) is 33.7 Å². The van der Waals surface area contributed by atoms with Crippen LogP contribution in [0, 0.1) is 0 Å². The summed E-state index contributed by atoms with van der Waals surface area (Å²) in [5.74, 6) is 2.63. The number of nitrogens with zero attached hydrogens (tertiary/aromatic N) is 3. The summed E-state index contributed by atoms with van der Waals surface area (Å²) in [6.07, 6.45) is 1.72. The second kappa shape index (κ2) is 8.13. The molecule has 0 saturated carbocycles. The molecule has 0 aliphatic rings. The Morgan fingerprint density at radius 1 is 1.13 bits per heavy atom. The van der Waals surface area contributed by atoms with E-state index >= 15 is 0 Å². The summed E-state index contributed by atoms with van der Waals surface area (Å²) in [6, 6.07) is 19.1. The fourth-order valence-electron chi connectivity index (χ4n) is 3.18.